The molecule has 24 heavy (non-hydrogen) atoms. The molecule has 2 nitrogen and oxygen atoms in total. The topological polar surface area (TPSA) is 21.6 Å². The summed E-state index contributed by atoms with van der Waals surface area (Å²) in [5.74, 6) is 0. The van der Waals surface area contributed by atoms with Crippen LogP contribution in [0.3, 0.4) is 0 Å². The molecule has 0 saturated heterocycles. The fourth-order valence-electron chi connectivity index (χ4n) is 3.75. The standard InChI is InChI=1S/C20H37NOSi2/c1-16(2)24(17(3)4,18(5)6)22-20(15-21-23(7,8)9)19-13-11-10-12-14-19/h10-18,20H,1-9H3/b21-15+. The summed E-state index contributed by atoms with van der Waals surface area (Å²) in [4.78, 5) is 0. The van der Waals surface area contributed by atoms with E-state index in [2.05, 4.69) is 97.7 Å². The molecule has 4 heteroatoms. The van der Waals surface area contributed by atoms with Gasteiger partial charge in [0.1, 0.15) is 6.10 Å². The summed E-state index contributed by atoms with van der Waals surface area (Å²) >= 11 is 0. The van der Waals surface area contributed by atoms with Crippen molar-refractivity contribution in [1.29, 1.82) is 0 Å². The second-order valence-corrected chi connectivity index (χ2v) is 18.7. The zero-order chi connectivity index (χ0) is 18.5. The van der Waals surface area contributed by atoms with Crippen molar-refractivity contribution in [1.82, 2.24) is 0 Å². The molecule has 0 radical (unpaired) electrons. The molecule has 0 heterocycles. The quantitative estimate of drug-likeness (QED) is 0.366. The van der Waals surface area contributed by atoms with Crippen LogP contribution in [0.1, 0.15) is 53.2 Å². The van der Waals surface area contributed by atoms with Crippen LogP contribution in [0.4, 0.5) is 0 Å². The van der Waals surface area contributed by atoms with E-state index in [1.54, 1.807) is 0 Å². The summed E-state index contributed by atoms with van der Waals surface area (Å²) in [6.07, 6.45) is 2.06. The minimum absolute atomic E-state index is 0.0307. The van der Waals surface area contributed by atoms with E-state index >= 15 is 0 Å². The van der Waals surface area contributed by atoms with Gasteiger partial charge in [0.05, 0.1) is 0 Å². The van der Waals surface area contributed by atoms with Crippen molar-refractivity contribution >= 4 is 22.8 Å². The highest BCUT2D eigenvalue weighted by Crippen LogP contribution is 2.44. The number of hydrogen-bond donors (Lipinski definition) is 0. The zero-order valence-electron chi connectivity index (χ0n) is 17.1. The van der Waals surface area contributed by atoms with Crippen molar-refractivity contribution in [3.8, 4) is 0 Å². The van der Waals surface area contributed by atoms with Gasteiger partial charge in [-0.1, -0.05) is 71.9 Å². The molecular formula is C20H37NOSi2. The van der Waals surface area contributed by atoms with Crippen molar-refractivity contribution < 1.29 is 4.43 Å². The molecular weight excluding hydrogens is 326 g/mol. The lowest BCUT2D eigenvalue weighted by Gasteiger charge is -2.44. The van der Waals surface area contributed by atoms with Crippen LogP contribution in [0.25, 0.3) is 0 Å². The van der Waals surface area contributed by atoms with Crippen LogP contribution in [0, 0.1) is 0 Å². The Hall–Kier alpha value is -0.716. The van der Waals surface area contributed by atoms with Gasteiger partial charge in [-0.3, -0.25) is 0 Å². The first-order chi connectivity index (χ1) is 11.0. The lowest BCUT2D eigenvalue weighted by molar-refractivity contribution is 0.241. The molecule has 0 spiro atoms. The molecule has 0 aliphatic carbocycles. The van der Waals surface area contributed by atoms with Crippen molar-refractivity contribution in [3.05, 3.63) is 35.9 Å². The number of benzene rings is 1. The van der Waals surface area contributed by atoms with Gasteiger partial charge in [0.2, 0.25) is 8.32 Å². The Bertz CT molecular complexity index is 496. The Labute approximate surface area is 152 Å². The maximum Gasteiger partial charge on any atom is 0.201 e. The monoisotopic (exact) mass is 363 g/mol. The average molecular weight is 364 g/mol. The summed E-state index contributed by atoms with van der Waals surface area (Å²) in [6, 6.07) is 10.6. The van der Waals surface area contributed by atoms with Gasteiger partial charge in [-0.15, -0.1) is 0 Å². The van der Waals surface area contributed by atoms with Gasteiger partial charge in [-0.2, -0.15) is 0 Å². The fourth-order valence-corrected chi connectivity index (χ4v) is 9.78. The van der Waals surface area contributed by atoms with Gasteiger partial charge in [-0.25, -0.2) is 0 Å². The Morgan fingerprint density at radius 1 is 0.833 bits per heavy atom. The van der Waals surface area contributed by atoms with Gasteiger partial charge < -0.3 is 9.08 Å². The Morgan fingerprint density at radius 2 is 1.29 bits per heavy atom. The van der Waals surface area contributed by atoms with E-state index in [1.807, 2.05) is 0 Å². The zero-order valence-corrected chi connectivity index (χ0v) is 19.1. The molecule has 0 bridgehead atoms. The first-order valence-corrected chi connectivity index (χ1v) is 14.9. The molecule has 0 aliphatic heterocycles. The largest absolute Gasteiger partial charge is 0.404 e. The van der Waals surface area contributed by atoms with Crippen molar-refractivity contribution in [2.24, 2.45) is 4.66 Å². The summed E-state index contributed by atoms with van der Waals surface area (Å²) in [5, 5.41) is 0. The second-order valence-electron chi connectivity index (χ2n) is 8.72. The molecule has 0 aromatic heterocycles. The molecule has 1 aromatic carbocycles. The van der Waals surface area contributed by atoms with Crippen LogP contribution in [0.15, 0.2) is 35.0 Å². The molecule has 0 aliphatic rings. The summed E-state index contributed by atoms with van der Waals surface area (Å²) < 4.78 is 11.9. The van der Waals surface area contributed by atoms with Gasteiger partial charge in [0.15, 0.2) is 8.24 Å². The van der Waals surface area contributed by atoms with Gasteiger partial charge in [0, 0.05) is 6.21 Å². The first kappa shape index (κ1) is 21.3. The van der Waals surface area contributed by atoms with Gasteiger partial charge in [0.25, 0.3) is 0 Å². The second kappa shape index (κ2) is 8.59. The highest BCUT2D eigenvalue weighted by molar-refractivity contribution is 6.78. The number of rotatable bonds is 8. The molecule has 0 fully saturated rings. The third-order valence-electron chi connectivity index (χ3n) is 4.76. The normalized spacial score (nSPS) is 15.0. The molecule has 136 valence electrons. The van der Waals surface area contributed by atoms with Crippen LogP contribution in [-0.4, -0.2) is 22.8 Å². The van der Waals surface area contributed by atoms with Gasteiger partial charge >= 0.3 is 0 Å². The third kappa shape index (κ3) is 5.40. The molecule has 1 aromatic rings. The summed E-state index contributed by atoms with van der Waals surface area (Å²) in [7, 11) is -3.45. The minimum atomic E-state index is -1.95. The van der Waals surface area contributed by atoms with Crippen molar-refractivity contribution in [2.75, 3.05) is 0 Å². The number of hydrogen-bond acceptors (Lipinski definition) is 2. The summed E-state index contributed by atoms with van der Waals surface area (Å²) in [6.45, 7) is 20.8. The van der Waals surface area contributed by atoms with Crippen LogP contribution in [0.5, 0.6) is 0 Å². The van der Waals surface area contributed by atoms with E-state index in [0.29, 0.717) is 16.6 Å². The van der Waals surface area contributed by atoms with E-state index < -0.39 is 16.6 Å². The Morgan fingerprint density at radius 3 is 1.67 bits per heavy atom. The summed E-state index contributed by atoms with van der Waals surface area (Å²) in [5.41, 5.74) is 2.94. The smallest absolute Gasteiger partial charge is 0.201 e. The molecule has 0 amide bonds. The van der Waals surface area contributed by atoms with Crippen LogP contribution < -0.4 is 0 Å². The Balaban J connectivity index is 3.30. The number of nitrogens with zero attached hydrogens (tertiary/aromatic N) is 1. The van der Waals surface area contributed by atoms with E-state index in [4.69, 9.17) is 9.08 Å². The highest BCUT2D eigenvalue weighted by Gasteiger charge is 2.46. The van der Waals surface area contributed by atoms with Crippen molar-refractivity contribution in [2.45, 2.75) is 83.9 Å². The highest BCUT2D eigenvalue weighted by atomic mass is 28.4. The fraction of sp³-hybridized carbons (Fsp3) is 0.650. The molecule has 1 rings (SSSR count). The average Bonchev–Trinajstić information content (AvgIpc) is 2.46. The van der Waals surface area contributed by atoms with Crippen molar-refractivity contribution in [3.63, 3.8) is 0 Å². The van der Waals surface area contributed by atoms with E-state index in [0.717, 1.165) is 0 Å². The molecule has 0 saturated carbocycles. The molecule has 0 N–H and O–H groups in total. The molecule has 1 unspecified atom stereocenters. The SMILES string of the molecule is CC(C)[Si](OC(/C=N/[Si](C)(C)C)c1ccccc1)(C(C)C)C(C)C. The minimum Gasteiger partial charge on any atom is -0.404 e. The molecule has 1 atom stereocenters. The first-order valence-electron chi connectivity index (χ1n) is 9.28. The van der Waals surface area contributed by atoms with E-state index in [1.165, 1.54) is 5.56 Å². The Kier molecular flexibility index (Phi) is 7.63. The van der Waals surface area contributed by atoms with Gasteiger partial charge in [-0.05, 0) is 41.8 Å². The van der Waals surface area contributed by atoms with Crippen LogP contribution >= 0.6 is 0 Å². The lowest BCUT2D eigenvalue weighted by Crippen LogP contribution is -2.48. The predicted molar refractivity (Wildman–Crippen MR) is 113 cm³/mol. The maximum absolute atomic E-state index is 7.02. The lowest BCUT2D eigenvalue weighted by atomic mass is 10.1. The predicted octanol–water partition coefficient (Wildman–Crippen LogP) is 6.83. The third-order valence-corrected chi connectivity index (χ3v) is 11.8. The van der Waals surface area contributed by atoms with Crippen LogP contribution in [-0.2, 0) is 4.43 Å². The van der Waals surface area contributed by atoms with E-state index in [-0.39, 0.29) is 6.10 Å². The maximum atomic E-state index is 7.02. The van der Waals surface area contributed by atoms with Crippen LogP contribution in [0.2, 0.25) is 36.3 Å². The van der Waals surface area contributed by atoms with E-state index in [9.17, 15) is 0 Å².